The highest BCUT2D eigenvalue weighted by atomic mass is 127. The van der Waals surface area contributed by atoms with Gasteiger partial charge in [-0.3, -0.25) is 0 Å². The zero-order chi connectivity index (χ0) is 18.9. The van der Waals surface area contributed by atoms with E-state index in [1.807, 2.05) is 42.5 Å². The Labute approximate surface area is 184 Å². The van der Waals surface area contributed by atoms with Crippen molar-refractivity contribution in [3.63, 3.8) is 0 Å². The van der Waals surface area contributed by atoms with Crippen LogP contribution >= 0.6 is 24.0 Å². The summed E-state index contributed by atoms with van der Waals surface area (Å²) < 4.78 is 11.4. The van der Waals surface area contributed by atoms with Gasteiger partial charge in [-0.25, -0.2) is 4.99 Å². The van der Waals surface area contributed by atoms with Gasteiger partial charge >= 0.3 is 0 Å². The molecule has 0 atom stereocenters. The lowest BCUT2D eigenvalue weighted by Gasteiger charge is -2.23. The van der Waals surface area contributed by atoms with Gasteiger partial charge in [0.2, 0.25) is 0 Å². The van der Waals surface area contributed by atoms with Crippen molar-refractivity contribution in [2.75, 3.05) is 12.4 Å². The maximum absolute atomic E-state index is 6.13. The molecule has 0 amide bonds. The maximum atomic E-state index is 6.13. The highest BCUT2D eigenvalue weighted by molar-refractivity contribution is 14.0. The number of anilines is 1. The Hall–Kier alpha value is -1.80. The molecule has 5 nitrogen and oxygen atoms in total. The van der Waals surface area contributed by atoms with Gasteiger partial charge in [0.15, 0.2) is 5.96 Å². The van der Waals surface area contributed by atoms with E-state index in [0.717, 1.165) is 35.4 Å². The van der Waals surface area contributed by atoms with Crippen molar-refractivity contribution < 1.29 is 9.47 Å². The molecule has 0 saturated heterocycles. The summed E-state index contributed by atoms with van der Waals surface area (Å²) >= 11 is 0. The number of nitrogens with zero attached hydrogens (tertiary/aromatic N) is 1. The predicted octanol–water partition coefficient (Wildman–Crippen LogP) is 5.09. The number of guanidine groups is 1. The summed E-state index contributed by atoms with van der Waals surface area (Å²) in [6.45, 7) is 1.03. The molecule has 6 heteroatoms. The van der Waals surface area contributed by atoms with Crippen molar-refractivity contribution in [3.8, 4) is 5.75 Å². The van der Waals surface area contributed by atoms with E-state index in [1.165, 1.54) is 19.3 Å². The van der Waals surface area contributed by atoms with Gasteiger partial charge in [0.25, 0.3) is 0 Å². The van der Waals surface area contributed by atoms with Gasteiger partial charge in [0, 0.05) is 18.4 Å². The molecule has 0 heterocycles. The van der Waals surface area contributed by atoms with Crippen molar-refractivity contribution >= 4 is 35.6 Å². The van der Waals surface area contributed by atoms with E-state index >= 15 is 0 Å². The number of para-hydroxylation sites is 1. The summed E-state index contributed by atoms with van der Waals surface area (Å²) in [5.41, 5.74) is 9.11. The highest BCUT2D eigenvalue weighted by Crippen LogP contribution is 2.24. The first-order chi connectivity index (χ1) is 13.2. The number of aliphatic imine (C=N–C) groups is 1. The third-order valence-electron chi connectivity index (χ3n) is 4.77. The lowest BCUT2D eigenvalue weighted by atomic mass is 9.98. The lowest BCUT2D eigenvalue weighted by Crippen LogP contribution is -2.23. The topological polar surface area (TPSA) is 68.9 Å². The van der Waals surface area contributed by atoms with Crippen molar-refractivity contribution in [1.82, 2.24) is 0 Å². The second kappa shape index (κ2) is 11.9. The lowest BCUT2D eigenvalue weighted by molar-refractivity contribution is 0.155. The number of ether oxygens (including phenoxy) is 2. The molecule has 0 bridgehead atoms. The van der Waals surface area contributed by atoms with Crippen molar-refractivity contribution in [2.24, 2.45) is 10.7 Å². The number of nitrogens with two attached hydrogens (primary N) is 1. The van der Waals surface area contributed by atoms with Gasteiger partial charge in [0.05, 0.1) is 19.3 Å². The van der Waals surface area contributed by atoms with E-state index in [-0.39, 0.29) is 24.0 Å². The zero-order valence-electron chi connectivity index (χ0n) is 16.4. The van der Waals surface area contributed by atoms with Gasteiger partial charge < -0.3 is 20.5 Å². The standard InChI is InChI=1S/C22H29N3O2.HI/c1-26-16-18-9-5-6-13-21(18)25-22(23)24-15-17-8-7-12-20(14-17)27-19-10-3-2-4-11-19;/h5-9,12-14,19H,2-4,10-11,15-16H2,1H3,(H3,23,24,25);1H. The molecule has 0 spiro atoms. The predicted molar refractivity (Wildman–Crippen MR) is 125 cm³/mol. The van der Waals surface area contributed by atoms with Crippen LogP contribution in [0, 0.1) is 0 Å². The molecule has 3 rings (SSSR count). The Morgan fingerprint density at radius 1 is 1.11 bits per heavy atom. The van der Waals surface area contributed by atoms with E-state index in [2.05, 4.69) is 16.4 Å². The molecule has 1 saturated carbocycles. The summed E-state index contributed by atoms with van der Waals surface area (Å²) in [6.07, 6.45) is 6.51. The Morgan fingerprint density at radius 3 is 2.68 bits per heavy atom. The van der Waals surface area contributed by atoms with Gasteiger partial charge in [-0.1, -0.05) is 36.8 Å². The third kappa shape index (κ3) is 6.98. The maximum Gasteiger partial charge on any atom is 0.193 e. The molecule has 1 aliphatic carbocycles. The Balaban J connectivity index is 0.00000280. The number of hydrogen-bond acceptors (Lipinski definition) is 3. The zero-order valence-corrected chi connectivity index (χ0v) is 18.7. The van der Waals surface area contributed by atoms with E-state index in [9.17, 15) is 0 Å². The van der Waals surface area contributed by atoms with E-state index < -0.39 is 0 Å². The summed E-state index contributed by atoms with van der Waals surface area (Å²) in [6, 6.07) is 16.0. The van der Waals surface area contributed by atoms with E-state index in [0.29, 0.717) is 25.2 Å². The first kappa shape index (κ1) is 22.5. The van der Waals surface area contributed by atoms with E-state index in [1.54, 1.807) is 7.11 Å². The minimum absolute atomic E-state index is 0. The summed E-state index contributed by atoms with van der Waals surface area (Å²) in [5, 5.41) is 3.16. The summed E-state index contributed by atoms with van der Waals surface area (Å²) in [5.74, 6) is 1.31. The number of hydrogen-bond donors (Lipinski definition) is 2. The van der Waals surface area contributed by atoms with Crippen molar-refractivity contribution in [2.45, 2.75) is 51.4 Å². The molecule has 2 aromatic rings. The van der Waals surface area contributed by atoms with Gasteiger partial charge in [-0.2, -0.15) is 0 Å². The molecular weight excluding hydrogens is 465 g/mol. The largest absolute Gasteiger partial charge is 0.490 e. The average molecular weight is 495 g/mol. The molecule has 0 aliphatic heterocycles. The summed E-state index contributed by atoms with van der Waals surface area (Å²) in [4.78, 5) is 4.47. The molecule has 28 heavy (non-hydrogen) atoms. The van der Waals surface area contributed by atoms with Crippen LogP contribution in [0.2, 0.25) is 0 Å². The molecule has 0 unspecified atom stereocenters. The monoisotopic (exact) mass is 495 g/mol. The van der Waals surface area contributed by atoms with E-state index in [4.69, 9.17) is 15.2 Å². The smallest absolute Gasteiger partial charge is 0.193 e. The highest BCUT2D eigenvalue weighted by Gasteiger charge is 2.14. The SMILES string of the molecule is COCc1ccccc1NC(N)=NCc1cccc(OC2CCCCC2)c1.I. The molecule has 2 aromatic carbocycles. The Bertz CT molecular complexity index is 761. The number of rotatable bonds is 7. The number of halogens is 1. The quantitative estimate of drug-likeness (QED) is 0.319. The van der Waals surface area contributed by atoms with Crippen LogP contribution in [0.1, 0.15) is 43.2 Å². The van der Waals surface area contributed by atoms with Crippen molar-refractivity contribution in [3.05, 3.63) is 59.7 Å². The molecule has 152 valence electrons. The second-order valence-electron chi connectivity index (χ2n) is 6.94. The number of nitrogens with one attached hydrogen (secondary N) is 1. The van der Waals surface area contributed by atoms with Crippen LogP contribution in [0.5, 0.6) is 5.75 Å². The van der Waals surface area contributed by atoms with Crippen LogP contribution in [0.4, 0.5) is 5.69 Å². The fourth-order valence-electron chi connectivity index (χ4n) is 3.37. The minimum Gasteiger partial charge on any atom is -0.490 e. The Morgan fingerprint density at radius 2 is 1.89 bits per heavy atom. The van der Waals surface area contributed by atoms with Crippen LogP contribution in [-0.2, 0) is 17.9 Å². The second-order valence-corrected chi connectivity index (χ2v) is 6.94. The van der Waals surface area contributed by atoms with Crippen LogP contribution in [0.15, 0.2) is 53.5 Å². The van der Waals surface area contributed by atoms with Gasteiger partial charge in [-0.05, 0) is 49.4 Å². The summed E-state index contributed by atoms with van der Waals surface area (Å²) in [7, 11) is 1.68. The Kier molecular flexibility index (Phi) is 9.57. The third-order valence-corrected chi connectivity index (χ3v) is 4.77. The fourth-order valence-corrected chi connectivity index (χ4v) is 3.37. The molecule has 0 radical (unpaired) electrons. The van der Waals surface area contributed by atoms with Crippen molar-refractivity contribution in [1.29, 1.82) is 0 Å². The molecule has 3 N–H and O–H groups in total. The van der Waals surface area contributed by atoms with Crippen LogP contribution in [0.25, 0.3) is 0 Å². The molecular formula is C22H30IN3O2. The molecule has 0 aromatic heterocycles. The normalized spacial score (nSPS) is 15.0. The first-order valence-corrected chi connectivity index (χ1v) is 9.64. The number of benzene rings is 2. The van der Waals surface area contributed by atoms with Gasteiger partial charge in [0.1, 0.15) is 5.75 Å². The average Bonchev–Trinajstić information content (AvgIpc) is 2.69. The first-order valence-electron chi connectivity index (χ1n) is 9.64. The van der Waals surface area contributed by atoms with Crippen LogP contribution < -0.4 is 15.8 Å². The minimum atomic E-state index is 0. The molecule has 1 aliphatic rings. The number of methoxy groups -OCH3 is 1. The van der Waals surface area contributed by atoms with Crippen LogP contribution in [-0.4, -0.2) is 19.2 Å². The fraction of sp³-hybridized carbons (Fsp3) is 0.409. The van der Waals surface area contributed by atoms with Crippen LogP contribution in [0.3, 0.4) is 0 Å². The van der Waals surface area contributed by atoms with Gasteiger partial charge in [-0.15, -0.1) is 24.0 Å². The molecule has 1 fully saturated rings.